The quantitative estimate of drug-likeness (QED) is 0.648. The molecule has 2 saturated heterocycles. The number of nitrogens with zero attached hydrogens (tertiary/aromatic N) is 1. The normalized spacial score (nSPS) is 34.3. The average molecular weight is 229 g/mol. The lowest BCUT2D eigenvalue weighted by Crippen LogP contribution is -2.38. The van der Waals surface area contributed by atoms with Gasteiger partial charge >= 0.3 is 5.97 Å². The Morgan fingerprint density at radius 2 is 1.88 bits per heavy atom. The number of hydrogen-bond donors (Lipinski definition) is 2. The molecule has 0 saturated carbocycles. The molecular formula is C10H15NO5. The Bertz CT molecular complexity index is 306. The molecule has 0 aromatic carbocycles. The Labute approximate surface area is 92.8 Å². The van der Waals surface area contributed by atoms with Crippen LogP contribution in [0.25, 0.3) is 0 Å². The number of ether oxygens (including phenoxy) is 1. The molecule has 3 atom stereocenters. The van der Waals surface area contributed by atoms with Gasteiger partial charge in [0.2, 0.25) is 0 Å². The van der Waals surface area contributed by atoms with Crippen molar-refractivity contribution in [2.75, 3.05) is 13.1 Å². The predicted octanol–water partition coefficient (Wildman–Crippen LogP) is -0.788. The van der Waals surface area contributed by atoms with Gasteiger partial charge < -0.3 is 19.8 Å². The maximum Gasteiger partial charge on any atom is 0.332 e. The number of aliphatic carboxylic acids is 1. The molecule has 0 bridgehead atoms. The van der Waals surface area contributed by atoms with Gasteiger partial charge in [-0.1, -0.05) is 0 Å². The van der Waals surface area contributed by atoms with Crippen molar-refractivity contribution in [3.63, 3.8) is 0 Å². The van der Waals surface area contributed by atoms with Gasteiger partial charge in [0.25, 0.3) is 5.91 Å². The van der Waals surface area contributed by atoms with E-state index < -0.39 is 24.3 Å². The van der Waals surface area contributed by atoms with E-state index in [1.165, 1.54) is 0 Å². The number of carboxylic acids is 1. The van der Waals surface area contributed by atoms with E-state index in [2.05, 4.69) is 0 Å². The number of β-amino-alcohol motifs (C(OH)–C–C–N with tert-alkyl or cyclic N) is 1. The van der Waals surface area contributed by atoms with E-state index in [1.54, 1.807) is 4.90 Å². The van der Waals surface area contributed by atoms with Crippen LogP contribution >= 0.6 is 0 Å². The van der Waals surface area contributed by atoms with E-state index in [-0.39, 0.29) is 5.91 Å². The van der Waals surface area contributed by atoms with Gasteiger partial charge in [-0.05, 0) is 19.3 Å². The second-order valence-electron chi connectivity index (χ2n) is 4.26. The zero-order chi connectivity index (χ0) is 11.7. The van der Waals surface area contributed by atoms with Crippen LogP contribution in [0.5, 0.6) is 0 Å². The Kier molecular flexibility index (Phi) is 3.11. The number of likely N-dealkylation sites (tertiary alicyclic amines) is 1. The van der Waals surface area contributed by atoms with Gasteiger partial charge in [-0.2, -0.15) is 0 Å². The molecule has 2 aliphatic heterocycles. The Morgan fingerprint density at radius 3 is 2.38 bits per heavy atom. The molecule has 0 aliphatic carbocycles. The van der Waals surface area contributed by atoms with Crippen LogP contribution in [-0.4, -0.2) is 58.4 Å². The van der Waals surface area contributed by atoms with E-state index in [9.17, 15) is 14.7 Å². The minimum Gasteiger partial charge on any atom is -0.479 e. The van der Waals surface area contributed by atoms with Crippen LogP contribution < -0.4 is 0 Å². The number of aliphatic hydroxyl groups is 1. The molecule has 2 rings (SSSR count). The fourth-order valence-corrected chi connectivity index (χ4v) is 2.15. The van der Waals surface area contributed by atoms with Crippen LogP contribution in [0.1, 0.15) is 19.3 Å². The lowest BCUT2D eigenvalue weighted by molar-refractivity contribution is -0.154. The summed E-state index contributed by atoms with van der Waals surface area (Å²) in [5, 5.41) is 18.0. The summed E-state index contributed by atoms with van der Waals surface area (Å²) >= 11 is 0. The zero-order valence-corrected chi connectivity index (χ0v) is 8.83. The molecule has 6 nitrogen and oxygen atoms in total. The van der Waals surface area contributed by atoms with Crippen molar-refractivity contribution in [3.05, 3.63) is 0 Å². The monoisotopic (exact) mass is 229 g/mol. The molecule has 0 aromatic rings. The smallest absolute Gasteiger partial charge is 0.332 e. The van der Waals surface area contributed by atoms with Crippen molar-refractivity contribution in [1.82, 2.24) is 4.90 Å². The molecule has 0 radical (unpaired) electrons. The minimum atomic E-state index is -1.02. The van der Waals surface area contributed by atoms with Crippen LogP contribution in [0.15, 0.2) is 0 Å². The Morgan fingerprint density at radius 1 is 1.19 bits per heavy atom. The van der Waals surface area contributed by atoms with Crippen molar-refractivity contribution in [3.8, 4) is 0 Å². The molecule has 0 aromatic heterocycles. The summed E-state index contributed by atoms with van der Waals surface area (Å²) in [5.74, 6) is -1.21. The maximum absolute atomic E-state index is 11.9. The highest BCUT2D eigenvalue weighted by Crippen LogP contribution is 2.23. The third kappa shape index (κ3) is 2.17. The second kappa shape index (κ2) is 4.39. The van der Waals surface area contributed by atoms with E-state index in [0.717, 1.165) is 0 Å². The third-order valence-corrected chi connectivity index (χ3v) is 3.05. The number of carbonyl (C=O) groups is 2. The summed E-state index contributed by atoms with van der Waals surface area (Å²) in [6, 6.07) is 0. The first kappa shape index (κ1) is 11.3. The molecule has 0 unspecified atom stereocenters. The van der Waals surface area contributed by atoms with Crippen molar-refractivity contribution >= 4 is 11.9 Å². The average Bonchev–Trinajstić information content (AvgIpc) is 2.84. The Hall–Kier alpha value is -1.14. The van der Waals surface area contributed by atoms with E-state index in [4.69, 9.17) is 9.84 Å². The number of rotatable bonds is 2. The molecule has 16 heavy (non-hydrogen) atoms. The third-order valence-electron chi connectivity index (χ3n) is 3.05. The molecule has 2 N–H and O–H groups in total. The van der Waals surface area contributed by atoms with E-state index in [0.29, 0.717) is 32.4 Å². The van der Waals surface area contributed by atoms with Gasteiger partial charge in [0.15, 0.2) is 6.10 Å². The fourth-order valence-electron chi connectivity index (χ4n) is 2.15. The lowest BCUT2D eigenvalue weighted by atomic mass is 10.2. The lowest BCUT2D eigenvalue weighted by Gasteiger charge is -2.19. The topological polar surface area (TPSA) is 87.1 Å². The first-order chi connectivity index (χ1) is 7.58. The summed E-state index contributed by atoms with van der Waals surface area (Å²) in [6.45, 7) is 0.855. The SMILES string of the molecule is O=C(O)[C@H]1CC[C@@H](C(=O)N2CC[C@@H](O)C2)O1. The summed E-state index contributed by atoms with van der Waals surface area (Å²) < 4.78 is 5.16. The van der Waals surface area contributed by atoms with Crippen molar-refractivity contribution in [2.24, 2.45) is 0 Å². The van der Waals surface area contributed by atoms with Gasteiger partial charge in [-0.3, -0.25) is 4.79 Å². The zero-order valence-electron chi connectivity index (χ0n) is 8.83. The molecular weight excluding hydrogens is 214 g/mol. The van der Waals surface area contributed by atoms with E-state index in [1.807, 2.05) is 0 Å². The van der Waals surface area contributed by atoms with Crippen LogP contribution in [-0.2, 0) is 14.3 Å². The number of carboxylic acid groups (broad SMARTS) is 1. The standard InChI is InChI=1S/C10H15NO5/c12-6-3-4-11(5-6)9(13)7-1-2-8(16-7)10(14)15/h6-8,12H,1-5H2,(H,14,15)/t6-,7+,8-/m1/s1. The second-order valence-corrected chi connectivity index (χ2v) is 4.26. The molecule has 6 heteroatoms. The van der Waals surface area contributed by atoms with E-state index >= 15 is 0 Å². The van der Waals surface area contributed by atoms with Crippen LogP contribution in [0.4, 0.5) is 0 Å². The fraction of sp³-hybridized carbons (Fsp3) is 0.800. The highest BCUT2D eigenvalue weighted by atomic mass is 16.5. The first-order valence-corrected chi connectivity index (χ1v) is 5.43. The predicted molar refractivity (Wildman–Crippen MR) is 52.7 cm³/mol. The van der Waals surface area contributed by atoms with Crippen LogP contribution in [0.2, 0.25) is 0 Å². The highest BCUT2D eigenvalue weighted by molar-refractivity contribution is 5.83. The largest absolute Gasteiger partial charge is 0.479 e. The molecule has 2 aliphatic rings. The van der Waals surface area contributed by atoms with Crippen molar-refractivity contribution < 1.29 is 24.5 Å². The number of carbonyl (C=O) groups excluding carboxylic acids is 1. The molecule has 1 amide bonds. The first-order valence-electron chi connectivity index (χ1n) is 5.43. The maximum atomic E-state index is 11.9. The Balaban J connectivity index is 1.89. The summed E-state index contributed by atoms with van der Waals surface area (Å²) in [6.07, 6.45) is -0.556. The van der Waals surface area contributed by atoms with Gasteiger partial charge in [0.05, 0.1) is 6.10 Å². The van der Waals surface area contributed by atoms with Crippen LogP contribution in [0.3, 0.4) is 0 Å². The van der Waals surface area contributed by atoms with Gasteiger partial charge in [-0.25, -0.2) is 4.79 Å². The highest BCUT2D eigenvalue weighted by Gasteiger charge is 2.38. The summed E-state index contributed by atoms with van der Waals surface area (Å²) in [7, 11) is 0. The molecule has 90 valence electrons. The van der Waals surface area contributed by atoms with Gasteiger partial charge in [0.1, 0.15) is 6.10 Å². The molecule has 0 spiro atoms. The number of amides is 1. The molecule has 2 fully saturated rings. The van der Waals surface area contributed by atoms with Gasteiger partial charge in [0, 0.05) is 13.1 Å². The summed E-state index contributed by atoms with van der Waals surface area (Å²) in [5.41, 5.74) is 0. The minimum absolute atomic E-state index is 0.194. The van der Waals surface area contributed by atoms with Gasteiger partial charge in [-0.15, -0.1) is 0 Å². The number of hydrogen-bond acceptors (Lipinski definition) is 4. The summed E-state index contributed by atoms with van der Waals surface area (Å²) in [4.78, 5) is 24.1. The van der Waals surface area contributed by atoms with Crippen molar-refractivity contribution in [2.45, 2.75) is 37.6 Å². The van der Waals surface area contributed by atoms with Crippen LogP contribution in [0, 0.1) is 0 Å². The van der Waals surface area contributed by atoms with Crippen molar-refractivity contribution in [1.29, 1.82) is 0 Å². The number of aliphatic hydroxyl groups excluding tert-OH is 1. The molecule has 2 heterocycles.